The van der Waals surface area contributed by atoms with Gasteiger partial charge in [-0.3, -0.25) is 9.59 Å². The Bertz CT molecular complexity index is 910. The molecule has 0 unspecified atom stereocenters. The number of benzene rings is 1. The minimum absolute atomic E-state index is 0.0572. The Morgan fingerprint density at radius 2 is 1.74 bits per heavy atom. The van der Waals surface area contributed by atoms with Gasteiger partial charge in [0.05, 0.1) is 23.1 Å². The highest BCUT2D eigenvalue weighted by molar-refractivity contribution is 5.95. The lowest BCUT2D eigenvalue weighted by Gasteiger charge is -2.35. The van der Waals surface area contributed by atoms with Crippen LogP contribution in [0.15, 0.2) is 30.5 Å². The van der Waals surface area contributed by atoms with Crippen LogP contribution in [0.25, 0.3) is 5.69 Å². The molecule has 1 N–H and O–H groups in total. The molecule has 1 aliphatic carbocycles. The number of nitrogens with zero attached hydrogens (tertiary/aromatic N) is 3. The van der Waals surface area contributed by atoms with Crippen molar-refractivity contribution in [2.45, 2.75) is 64.3 Å². The largest absolute Gasteiger partial charge is 0.349 e. The highest BCUT2D eigenvalue weighted by atomic mass is 19.1. The Balaban J connectivity index is 1.36. The van der Waals surface area contributed by atoms with Gasteiger partial charge in [0, 0.05) is 25.0 Å². The minimum atomic E-state index is -0.305. The molecule has 0 atom stereocenters. The lowest BCUT2D eigenvalue weighted by atomic mass is 9.87. The topological polar surface area (TPSA) is 67.2 Å². The molecule has 1 saturated heterocycles. The van der Waals surface area contributed by atoms with E-state index >= 15 is 0 Å². The lowest BCUT2D eigenvalue weighted by Crippen LogP contribution is -2.48. The summed E-state index contributed by atoms with van der Waals surface area (Å²) in [6.07, 6.45) is 9.38. The molecule has 4 rings (SSSR count). The van der Waals surface area contributed by atoms with Crippen LogP contribution < -0.4 is 5.32 Å². The molecule has 166 valence electrons. The van der Waals surface area contributed by atoms with Crippen LogP contribution >= 0.6 is 0 Å². The Morgan fingerprint density at radius 1 is 1.06 bits per heavy atom. The molecule has 1 aromatic heterocycles. The van der Waals surface area contributed by atoms with E-state index in [0.29, 0.717) is 31.0 Å². The predicted molar refractivity (Wildman–Crippen MR) is 117 cm³/mol. The van der Waals surface area contributed by atoms with Crippen LogP contribution in [0.3, 0.4) is 0 Å². The zero-order valence-corrected chi connectivity index (χ0v) is 18.1. The van der Waals surface area contributed by atoms with Crippen molar-refractivity contribution < 1.29 is 14.0 Å². The Kier molecular flexibility index (Phi) is 6.68. The van der Waals surface area contributed by atoms with Gasteiger partial charge in [0.15, 0.2) is 0 Å². The average molecular weight is 427 g/mol. The molecule has 0 spiro atoms. The van der Waals surface area contributed by atoms with Crippen LogP contribution in [-0.4, -0.2) is 45.6 Å². The van der Waals surface area contributed by atoms with Crippen LogP contribution in [0.5, 0.6) is 0 Å². The van der Waals surface area contributed by atoms with E-state index in [2.05, 4.69) is 10.4 Å². The zero-order chi connectivity index (χ0) is 21.8. The zero-order valence-electron chi connectivity index (χ0n) is 18.1. The smallest absolute Gasteiger partial charge is 0.254 e. The fourth-order valence-electron chi connectivity index (χ4n) is 4.82. The van der Waals surface area contributed by atoms with Crippen molar-refractivity contribution in [3.05, 3.63) is 47.5 Å². The van der Waals surface area contributed by atoms with Gasteiger partial charge in [-0.15, -0.1) is 0 Å². The standard InChI is InChI=1S/C24H31FN4O2/c1-2-22-21(16-26-29(22)20-10-8-18(25)9-11-20)23(30)27-19-12-14-28(15-13-19)24(31)17-6-4-3-5-7-17/h8-11,16-17,19H,2-7,12-15H2,1H3,(H,27,30). The molecule has 0 bridgehead atoms. The van der Waals surface area contributed by atoms with Gasteiger partial charge in [-0.05, 0) is 56.4 Å². The first-order chi connectivity index (χ1) is 15.1. The first-order valence-electron chi connectivity index (χ1n) is 11.5. The van der Waals surface area contributed by atoms with Crippen LogP contribution in [-0.2, 0) is 11.2 Å². The second-order valence-electron chi connectivity index (χ2n) is 8.65. The van der Waals surface area contributed by atoms with Gasteiger partial charge < -0.3 is 10.2 Å². The fraction of sp³-hybridized carbons (Fsp3) is 0.542. The number of amides is 2. The predicted octanol–water partition coefficient (Wildman–Crippen LogP) is 3.87. The van der Waals surface area contributed by atoms with Gasteiger partial charge in [-0.2, -0.15) is 5.10 Å². The second kappa shape index (κ2) is 9.62. The molecule has 0 radical (unpaired) electrons. The van der Waals surface area contributed by atoms with Crippen LogP contribution in [0.1, 0.15) is 67.9 Å². The maximum atomic E-state index is 13.2. The molecular formula is C24H31FN4O2. The molecule has 1 aromatic carbocycles. The van der Waals surface area contributed by atoms with Crippen molar-refractivity contribution in [3.8, 4) is 5.69 Å². The summed E-state index contributed by atoms with van der Waals surface area (Å²) in [6.45, 7) is 3.38. The number of halogens is 1. The van der Waals surface area contributed by atoms with Gasteiger partial charge >= 0.3 is 0 Å². The summed E-state index contributed by atoms with van der Waals surface area (Å²) in [4.78, 5) is 27.7. The van der Waals surface area contributed by atoms with Gasteiger partial charge in [-0.25, -0.2) is 9.07 Å². The summed E-state index contributed by atoms with van der Waals surface area (Å²) < 4.78 is 14.9. The summed E-state index contributed by atoms with van der Waals surface area (Å²) in [7, 11) is 0. The minimum Gasteiger partial charge on any atom is -0.349 e. The first-order valence-corrected chi connectivity index (χ1v) is 11.5. The Labute approximate surface area is 182 Å². The highest BCUT2D eigenvalue weighted by Crippen LogP contribution is 2.27. The van der Waals surface area contributed by atoms with Crippen molar-refractivity contribution in [1.29, 1.82) is 0 Å². The molecule has 2 heterocycles. The van der Waals surface area contributed by atoms with Crippen molar-refractivity contribution in [2.24, 2.45) is 5.92 Å². The van der Waals surface area contributed by atoms with Gasteiger partial charge in [0.1, 0.15) is 5.82 Å². The molecule has 2 fully saturated rings. The van der Waals surface area contributed by atoms with Crippen LogP contribution in [0.2, 0.25) is 0 Å². The van der Waals surface area contributed by atoms with Gasteiger partial charge in [0.25, 0.3) is 5.91 Å². The quantitative estimate of drug-likeness (QED) is 0.789. The number of aromatic nitrogens is 2. The maximum absolute atomic E-state index is 13.2. The first kappa shape index (κ1) is 21.5. The fourth-order valence-corrected chi connectivity index (χ4v) is 4.82. The molecule has 7 heteroatoms. The average Bonchev–Trinajstić information content (AvgIpc) is 3.24. The van der Waals surface area contributed by atoms with Crippen molar-refractivity contribution in [1.82, 2.24) is 20.0 Å². The van der Waals surface area contributed by atoms with E-state index in [1.54, 1.807) is 23.0 Å². The van der Waals surface area contributed by atoms with Gasteiger partial charge in [-0.1, -0.05) is 26.2 Å². The summed E-state index contributed by atoms with van der Waals surface area (Å²) in [5, 5.41) is 7.50. The molecule has 1 saturated carbocycles. The maximum Gasteiger partial charge on any atom is 0.254 e. The molecular weight excluding hydrogens is 395 g/mol. The SMILES string of the molecule is CCc1c(C(=O)NC2CCN(C(=O)C3CCCCC3)CC2)cnn1-c1ccc(F)cc1. The number of likely N-dealkylation sites (tertiary alicyclic amines) is 1. The molecule has 1 aliphatic heterocycles. The number of carbonyl (C=O) groups is 2. The monoisotopic (exact) mass is 426 g/mol. The summed E-state index contributed by atoms with van der Waals surface area (Å²) in [5.41, 5.74) is 2.08. The molecule has 31 heavy (non-hydrogen) atoms. The van der Waals surface area contributed by atoms with E-state index in [1.165, 1.54) is 18.6 Å². The number of piperidine rings is 1. The molecule has 2 aromatic rings. The number of hydrogen-bond acceptors (Lipinski definition) is 3. The van der Waals surface area contributed by atoms with Gasteiger partial charge in [0.2, 0.25) is 5.91 Å². The van der Waals surface area contributed by atoms with E-state index in [0.717, 1.165) is 49.9 Å². The van der Waals surface area contributed by atoms with Crippen molar-refractivity contribution in [2.75, 3.05) is 13.1 Å². The Hall–Kier alpha value is -2.70. The summed E-state index contributed by atoms with van der Waals surface area (Å²) >= 11 is 0. The lowest BCUT2D eigenvalue weighted by molar-refractivity contribution is -0.137. The summed E-state index contributed by atoms with van der Waals surface area (Å²) in [6, 6.07) is 6.14. The number of carbonyl (C=O) groups excluding carboxylic acids is 2. The molecule has 2 aliphatic rings. The van der Waals surface area contributed by atoms with Crippen molar-refractivity contribution in [3.63, 3.8) is 0 Å². The van der Waals surface area contributed by atoms with Crippen LogP contribution in [0, 0.1) is 11.7 Å². The molecule has 6 nitrogen and oxygen atoms in total. The third kappa shape index (κ3) is 4.81. The van der Waals surface area contributed by atoms with E-state index < -0.39 is 0 Å². The Morgan fingerprint density at radius 3 is 2.39 bits per heavy atom. The van der Waals surface area contributed by atoms with E-state index in [9.17, 15) is 14.0 Å². The number of hydrogen-bond donors (Lipinski definition) is 1. The third-order valence-electron chi connectivity index (χ3n) is 6.62. The van der Waals surface area contributed by atoms with Crippen molar-refractivity contribution >= 4 is 11.8 Å². The van der Waals surface area contributed by atoms with Crippen LogP contribution in [0.4, 0.5) is 4.39 Å². The molecule has 2 amide bonds. The van der Waals surface area contributed by atoms with E-state index in [4.69, 9.17) is 0 Å². The third-order valence-corrected chi connectivity index (χ3v) is 6.62. The normalized spacial score (nSPS) is 18.2. The van der Waals surface area contributed by atoms with E-state index in [-0.39, 0.29) is 23.7 Å². The highest BCUT2D eigenvalue weighted by Gasteiger charge is 2.30. The van der Waals surface area contributed by atoms with E-state index in [1.807, 2.05) is 11.8 Å². The second-order valence-corrected chi connectivity index (χ2v) is 8.65. The number of rotatable bonds is 5. The number of nitrogens with one attached hydrogen (secondary N) is 1. The summed E-state index contributed by atoms with van der Waals surface area (Å²) in [5.74, 6) is 0.0603.